The minimum absolute atomic E-state index is 0.361. The van der Waals surface area contributed by atoms with Crippen molar-refractivity contribution in [3.63, 3.8) is 0 Å². The summed E-state index contributed by atoms with van der Waals surface area (Å²) in [7, 11) is -3.16. The Labute approximate surface area is 112 Å². The highest BCUT2D eigenvalue weighted by molar-refractivity contribution is 7.90. The van der Waals surface area contributed by atoms with Crippen LogP contribution in [-0.4, -0.2) is 33.3 Å². The van der Waals surface area contributed by atoms with Crippen molar-refractivity contribution >= 4 is 10.0 Å². The van der Waals surface area contributed by atoms with E-state index in [0.717, 1.165) is 25.3 Å². The van der Waals surface area contributed by atoms with Gasteiger partial charge in [-0.2, -0.15) is 0 Å². The van der Waals surface area contributed by atoms with Crippen LogP contribution in [-0.2, 0) is 10.0 Å². The van der Waals surface area contributed by atoms with E-state index in [-0.39, 0.29) is 5.25 Å². The van der Waals surface area contributed by atoms with E-state index in [1.807, 2.05) is 6.92 Å². The van der Waals surface area contributed by atoms with Gasteiger partial charge in [0, 0.05) is 13.1 Å². The average Bonchev–Trinajstić information content (AvgIpc) is 2.35. The van der Waals surface area contributed by atoms with Crippen molar-refractivity contribution in [3.8, 4) is 0 Å². The molecule has 108 valence electrons. The molecular formula is C13H28N2O2S. The molecule has 0 saturated heterocycles. The molecule has 1 fully saturated rings. The van der Waals surface area contributed by atoms with E-state index in [0.29, 0.717) is 19.0 Å². The second-order valence-corrected chi connectivity index (χ2v) is 7.82. The van der Waals surface area contributed by atoms with Crippen LogP contribution in [0.5, 0.6) is 0 Å². The van der Waals surface area contributed by atoms with Crippen molar-refractivity contribution in [3.05, 3.63) is 0 Å². The minimum Gasteiger partial charge on any atom is -0.316 e. The van der Waals surface area contributed by atoms with E-state index >= 15 is 0 Å². The first-order valence-electron chi connectivity index (χ1n) is 7.15. The third-order valence-corrected chi connectivity index (χ3v) is 5.72. The predicted molar refractivity (Wildman–Crippen MR) is 76.1 cm³/mol. The fourth-order valence-electron chi connectivity index (χ4n) is 2.37. The molecule has 0 amide bonds. The Kier molecular flexibility index (Phi) is 6.60. The first-order valence-corrected chi connectivity index (χ1v) is 8.69. The van der Waals surface area contributed by atoms with Crippen LogP contribution in [0.4, 0.5) is 0 Å². The smallest absolute Gasteiger partial charge is 0.215 e. The SMILES string of the molecule is CCNCC(C)S(=O)(=O)NCC1CCC(C)CC1. The summed E-state index contributed by atoms with van der Waals surface area (Å²) in [6, 6.07) is 0. The molecule has 1 rings (SSSR count). The number of nitrogens with one attached hydrogen (secondary N) is 2. The Balaban J connectivity index is 2.32. The molecule has 0 radical (unpaired) electrons. The zero-order valence-corrected chi connectivity index (χ0v) is 12.7. The fourth-order valence-corrected chi connectivity index (χ4v) is 3.46. The summed E-state index contributed by atoms with van der Waals surface area (Å²) >= 11 is 0. The normalized spacial score (nSPS) is 27.1. The first-order chi connectivity index (χ1) is 8.45. The number of rotatable bonds is 7. The molecule has 0 heterocycles. The molecule has 0 aromatic carbocycles. The highest BCUT2D eigenvalue weighted by Crippen LogP contribution is 2.27. The van der Waals surface area contributed by atoms with Crippen LogP contribution in [0, 0.1) is 11.8 Å². The van der Waals surface area contributed by atoms with Crippen molar-refractivity contribution in [1.82, 2.24) is 10.0 Å². The molecule has 1 aliphatic rings. The molecule has 1 unspecified atom stereocenters. The maximum absolute atomic E-state index is 12.0. The van der Waals surface area contributed by atoms with E-state index < -0.39 is 10.0 Å². The van der Waals surface area contributed by atoms with E-state index in [2.05, 4.69) is 17.0 Å². The van der Waals surface area contributed by atoms with Crippen LogP contribution >= 0.6 is 0 Å². The van der Waals surface area contributed by atoms with Gasteiger partial charge in [-0.05, 0) is 38.1 Å². The Hall–Kier alpha value is -0.130. The molecule has 0 aliphatic heterocycles. The van der Waals surface area contributed by atoms with Gasteiger partial charge in [0.05, 0.1) is 5.25 Å². The maximum atomic E-state index is 12.0. The molecule has 18 heavy (non-hydrogen) atoms. The van der Waals surface area contributed by atoms with Gasteiger partial charge in [0.25, 0.3) is 0 Å². The number of hydrogen-bond donors (Lipinski definition) is 2. The Morgan fingerprint density at radius 2 is 1.83 bits per heavy atom. The fraction of sp³-hybridized carbons (Fsp3) is 1.00. The lowest BCUT2D eigenvalue weighted by molar-refractivity contribution is 0.290. The molecule has 0 aromatic rings. The molecule has 0 spiro atoms. The van der Waals surface area contributed by atoms with Gasteiger partial charge >= 0.3 is 0 Å². The molecule has 4 nitrogen and oxygen atoms in total. The van der Waals surface area contributed by atoms with Crippen molar-refractivity contribution in [1.29, 1.82) is 0 Å². The summed E-state index contributed by atoms with van der Waals surface area (Å²) in [6.07, 6.45) is 4.79. The van der Waals surface area contributed by atoms with Crippen molar-refractivity contribution in [2.45, 2.75) is 51.7 Å². The van der Waals surface area contributed by atoms with Crippen molar-refractivity contribution in [2.24, 2.45) is 11.8 Å². The van der Waals surface area contributed by atoms with Crippen LogP contribution in [0.1, 0.15) is 46.5 Å². The van der Waals surface area contributed by atoms with Gasteiger partial charge in [-0.1, -0.05) is 26.7 Å². The minimum atomic E-state index is -3.16. The largest absolute Gasteiger partial charge is 0.316 e. The third-order valence-electron chi connectivity index (χ3n) is 3.92. The van der Waals surface area contributed by atoms with Gasteiger partial charge in [-0.15, -0.1) is 0 Å². The Morgan fingerprint density at radius 3 is 2.39 bits per heavy atom. The quantitative estimate of drug-likeness (QED) is 0.744. The Morgan fingerprint density at radius 1 is 1.22 bits per heavy atom. The Bertz CT molecular complexity index is 322. The second kappa shape index (κ2) is 7.46. The highest BCUT2D eigenvalue weighted by atomic mass is 32.2. The first kappa shape index (κ1) is 15.9. The van der Waals surface area contributed by atoms with Crippen LogP contribution in [0.3, 0.4) is 0 Å². The van der Waals surface area contributed by atoms with Crippen LogP contribution in [0.2, 0.25) is 0 Å². The van der Waals surface area contributed by atoms with Crippen LogP contribution < -0.4 is 10.0 Å². The second-order valence-electron chi connectivity index (χ2n) is 5.64. The molecule has 1 aliphatic carbocycles. The molecule has 5 heteroatoms. The van der Waals surface area contributed by atoms with E-state index in [1.165, 1.54) is 12.8 Å². The number of sulfonamides is 1. The summed E-state index contributed by atoms with van der Waals surface area (Å²) in [5.41, 5.74) is 0. The third kappa shape index (κ3) is 5.24. The summed E-state index contributed by atoms with van der Waals surface area (Å²) in [5, 5.41) is 2.72. The average molecular weight is 276 g/mol. The lowest BCUT2D eigenvalue weighted by Crippen LogP contribution is -2.41. The number of hydrogen-bond acceptors (Lipinski definition) is 3. The van der Waals surface area contributed by atoms with Gasteiger partial charge in [0.1, 0.15) is 0 Å². The summed E-state index contributed by atoms with van der Waals surface area (Å²) in [4.78, 5) is 0. The maximum Gasteiger partial charge on any atom is 0.215 e. The van der Waals surface area contributed by atoms with Crippen molar-refractivity contribution in [2.75, 3.05) is 19.6 Å². The molecule has 1 atom stereocenters. The van der Waals surface area contributed by atoms with E-state index in [9.17, 15) is 8.42 Å². The van der Waals surface area contributed by atoms with Gasteiger partial charge in [-0.25, -0.2) is 13.1 Å². The predicted octanol–water partition coefficient (Wildman–Crippen LogP) is 1.73. The van der Waals surface area contributed by atoms with Gasteiger partial charge in [0.15, 0.2) is 0 Å². The molecule has 0 aromatic heterocycles. The van der Waals surface area contributed by atoms with E-state index in [1.54, 1.807) is 6.92 Å². The lowest BCUT2D eigenvalue weighted by Gasteiger charge is -2.26. The summed E-state index contributed by atoms with van der Waals surface area (Å²) < 4.78 is 26.8. The van der Waals surface area contributed by atoms with Gasteiger partial charge in [0.2, 0.25) is 10.0 Å². The van der Waals surface area contributed by atoms with Crippen LogP contribution in [0.15, 0.2) is 0 Å². The topological polar surface area (TPSA) is 58.2 Å². The molecule has 1 saturated carbocycles. The monoisotopic (exact) mass is 276 g/mol. The lowest BCUT2D eigenvalue weighted by atomic mass is 9.83. The van der Waals surface area contributed by atoms with Gasteiger partial charge < -0.3 is 5.32 Å². The van der Waals surface area contributed by atoms with Crippen molar-refractivity contribution < 1.29 is 8.42 Å². The zero-order valence-electron chi connectivity index (χ0n) is 11.9. The summed E-state index contributed by atoms with van der Waals surface area (Å²) in [6.45, 7) is 7.96. The summed E-state index contributed by atoms with van der Waals surface area (Å²) in [5.74, 6) is 1.34. The standard InChI is InChI=1S/C13H28N2O2S/c1-4-14-9-12(3)18(16,17)15-10-13-7-5-11(2)6-8-13/h11-15H,4-10H2,1-3H3. The molecular weight excluding hydrogens is 248 g/mol. The van der Waals surface area contributed by atoms with Gasteiger partial charge in [-0.3, -0.25) is 0 Å². The zero-order chi connectivity index (χ0) is 13.6. The molecule has 0 bridgehead atoms. The van der Waals surface area contributed by atoms with E-state index in [4.69, 9.17) is 0 Å². The highest BCUT2D eigenvalue weighted by Gasteiger charge is 2.23. The van der Waals surface area contributed by atoms with Crippen LogP contribution in [0.25, 0.3) is 0 Å². The molecule has 2 N–H and O–H groups in total.